The molecule has 0 saturated heterocycles. The van der Waals surface area contributed by atoms with Crippen LogP contribution < -0.4 is 4.74 Å². The Kier molecular flexibility index (Phi) is 5.38. The molecule has 0 saturated carbocycles. The van der Waals surface area contributed by atoms with Crippen molar-refractivity contribution in [1.29, 1.82) is 0 Å². The Hall–Kier alpha value is -2.20. The maximum absolute atomic E-state index is 6.73. The van der Waals surface area contributed by atoms with Gasteiger partial charge in [-0.3, -0.25) is 0 Å². The summed E-state index contributed by atoms with van der Waals surface area (Å²) in [6, 6.07) is 5.99. The molecule has 1 atom stereocenters. The van der Waals surface area contributed by atoms with E-state index in [4.69, 9.17) is 9.16 Å². The van der Waals surface area contributed by atoms with E-state index < -0.39 is 8.32 Å². The number of hydrogen-bond acceptors (Lipinski definition) is 2. The summed E-state index contributed by atoms with van der Waals surface area (Å²) in [5.41, 5.74) is 4.28. The minimum atomic E-state index is -2.00. The lowest BCUT2D eigenvalue weighted by molar-refractivity contribution is 0.238. The van der Waals surface area contributed by atoms with Gasteiger partial charge in [-0.1, -0.05) is 56.6 Å². The number of ether oxygens (including phenoxy) is 1. The molecular formula is C24H28O2Si. The summed E-state index contributed by atoms with van der Waals surface area (Å²) in [7, 11) is -0.323. The predicted molar refractivity (Wildman–Crippen MR) is 114 cm³/mol. The van der Waals surface area contributed by atoms with E-state index in [1.54, 1.807) is 7.11 Å². The first-order chi connectivity index (χ1) is 12.7. The molecule has 0 fully saturated rings. The van der Waals surface area contributed by atoms with Crippen molar-refractivity contribution in [3.05, 3.63) is 52.6 Å². The van der Waals surface area contributed by atoms with Gasteiger partial charge in [-0.2, -0.15) is 0 Å². The molecule has 3 rings (SSSR count). The normalized spacial score (nSPS) is 20.6. The zero-order chi connectivity index (χ0) is 19.7. The molecule has 1 aromatic rings. The van der Waals surface area contributed by atoms with Crippen LogP contribution in [0.5, 0.6) is 5.75 Å². The van der Waals surface area contributed by atoms with E-state index in [9.17, 15) is 0 Å². The first-order valence-electron chi connectivity index (χ1n) is 9.50. The van der Waals surface area contributed by atoms with E-state index in [-0.39, 0.29) is 11.1 Å². The van der Waals surface area contributed by atoms with Gasteiger partial charge < -0.3 is 9.16 Å². The zero-order valence-corrected chi connectivity index (χ0v) is 18.2. The van der Waals surface area contributed by atoms with Crippen molar-refractivity contribution in [2.45, 2.75) is 57.8 Å². The maximum Gasteiger partial charge on any atom is 0.194 e. The van der Waals surface area contributed by atoms with E-state index in [2.05, 4.69) is 63.6 Å². The van der Waals surface area contributed by atoms with Crippen molar-refractivity contribution in [3.63, 3.8) is 0 Å². The Morgan fingerprint density at radius 3 is 2.63 bits per heavy atom. The van der Waals surface area contributed by atoms with Crippen LogP contribution in [0.1, 0.15) is 50.8 Å². The van der Waals surface area contributed by atoms with Gasteiger partial charge in [0, 0.05) is 16.7 Å². The van der Waals surface area contributed by atoms with E-state index in [0.29, 0.717) is 0 Å². The van der Waals surface area contributed by atoms with Crippen LogP contribution in [0.2, 0.25) is 18.1 Å². The van der Waals surface area contributed by atoms with Crippen LogP contribution in [0.25, 0.3) is 0 Å². The van der Waals surface area contributed by atoms with Gasteiger partial charge >= 0.3 is 0 Å². The van der Waals surface area contributed by atoms with E-state index >= 15 is 0 Å². The molecule has 3 heteroatoms. The second-order valence-corrected chi connectivity index (χ2v) is 13.3. The molecule has 0 spiro atoms. The van der Waals surface area contributed by atoms with Crippen molar-refractivity contribution in [2.24, 2.45) is 0 Å². The topological polar surface area (TPSA) is 18.5 Å². The van der Waals surface area contributed by atoms with Gasteiger partial charge in [0.1, 0.15) is 11.9 Å². The number of allylic oxidation sites excluding steroid dienone is 4. The van der Waals surface area contributed by atoms with E-state index in [0.717, 1.165) is 35.3 Å². The molecule has 140 valence electrons. The molecule has 0 heterocycles. The molecule has 0 amide bonds. The molecule has 27 heavy (non-hydrogen) atoms. The second kappa shape index (κ2) is 7.43. The highest BCUT2D eigenvalue weighted by Crippen LogP contribution is 2.40. The molecule has 0 bridgehead atoms. The largest absolute Gasteiger partial charge is 0.497 e. The van der Waals surface area contributed by atoms with Crippen LogP contribution >= 0.6 is 0 Å². The first kappa shape index (κ1) is 19.6. The number of hydrogen-bond donors (Lipinski definition) is 0. The third-order valence-corrected chi connectivity index (χ3v) is 10.1. The molecule has 0 radical (unpaired) electrons. The molecule has 1 aromatic carbocycles. The fourth-order valence-electron chi connectivity index (χ4n) is 2.90. The average Bonchev–Trinajstić information content (AvgIpc) is 3.05. The van der Waals surface area contributed by atoms with Crippen molar-refractivity contribution >= 4 is 8.32 Å². The third-order valence-electron chi connectivity index (χ3n) is 5.66. The summed E-state index contributed by atoms with van der Waals surface area (Å²) in [5, 5.41) is 0.111. The highest BCUT2D eigenvalue weighted by atomic mass is 28.4. The Bertz CT molecular complexity index is 921. The summed E-state index contributed by atoms with van der Waals surface area (Å²) in [6.45, 7) is 11.3. The predicted octanol–water partition coefficient (Wildman–Crippen LogP) is 5.77. The molecule has 0 aromatic heterocycles. The number of benzene rings is 1. The van der Waals surface area contributed by atoms with Crippen LogP contribution in [-0.2, 0) is 4.43 Å². The van der Waals surface area contributed by atoms with Gasteiger partial charge in [0.25, 0.3) is 0 Å². The lowest BCUT2D eigenvalue weighted by Crippen LogP contribution is -2.41. The number of fused-ring (bicyclic) bond motifs is 2. The van der Waals surface area contributed by atoms with Crippen molar-refractivity contribution in [1.82, 2.24) is 0 Å². The standard InChI is InChI=1S/C24H28O2Si/c1-24(2,3)27(5,6)26-23-16-13-19-11-7-9-18(19)10-8-12-20-17-21(25-4)14-15-22(20)23/h10-11,14-15,17,23H,7,9H2,1-6H3/b18-10-. The molecular weight excluding hydrogens is 348 g/mol. The van der Waals surface area contributed by atoms with Gasteiger partial charge in [-0.15, -0.1) is 0 Å². The minimum Gasteiger partial charge on any atom is -0.497 e. The molecule has 1 unspecified atom stereocenters. The lowest BCUT2D eigenvalue weighted by Gasteiger charge is -2.38. The Morgan fingerprint density at radius 1 is 1.15 bits per heavy atom. The molecule has 0 N–H and O–H groups in total. The van der Waals surface area contributed by atoms with Crippen LogP contribution in [0.15, 0.2) is 41.5 Å². The monoisotopic (exact) mass is 376 g/mol. The summed E-state index contributed by atoms with van der Waals surface area (Å²) < 4.78 is 12.1. The Labute approximate surface area is 164 Å². The van der Waals surface area contributed by atoms with Gasteiger partial charge in [0.2, 0.25) is 0 Å². The summed E-state index contributed by atoms with van der Waals surface area (Å²) >= 11 is 0. The SMILES string of the molecule is COc1ccc2c(c1)C#C/C=C1/CCC=C1C#CC2O[Si](C)(C)C(C)(C)C. The number of methoxy groups -OCH3 is 1. The Morgan fingerprint density at radius 2 is 1.93 bits per heavy atom. The highest BCUT2D eigenvalue weighted by Gasteiger charge is 2.39. The maximum atomic E-state index is 6.73. The summed E-state index contributed by atoms with van der Waals surface area (Å²) in [4.78, 5) is 0. The van der Waals surface area contributed by atoms with E-state index in [1.807, 2.05) is 24.3 Å². The van der Waals surface area contributed by atoms with Crippen LogP contribution in [0.4, 0.5) is 0 Å². The van der Waals surface area contributed by atoms with Crippen molar-refractivity contribution in [3.8, 4) is 29.4 Å². The van der Waals surface area contributed by atoms with Crippen molar-refractivity contribution in [2.75, 3.05) is 7.11 Å². The first-order valence-corrected chi connectivity index (χ1v) is 12.4. The van der Waals surface area contributed by atoms with Crippen LogP contribution in [-0.4, -0.2) is 15.4 Å². The average molecular weight is 377 g/mol. The van der Waals surface area contributed by atoms with Gasteiger partial charge in [0.15, 0.2) is 8.32 Å². The highest BCUT2D eigenvalue weighted by molar-refractivity contribution is 6.74. The van der Waals surface area contributed by atoms with E-state index in [1.165, 1.54) is 5.57 Å². The van der Waals surface area contributed by atoms with Gasteiger partial charge in [-0.25, -0.2) is 0 Å². The molecule has 2 aliphatic rings. The lowest BCUT2D eigenvalue weighted by atomic mass is 10.00. The quantitative estimate of drug-likeness (QED) is 0.492. The second-order valence-electron chi connectivity index (χ2n) is 8.58. The summed E-state index contributed by atoms with van der Waals surface area (Å²) in [6.07, 6.45) is 5.97. The Balaban J connectivity index is 2.13. The van der Waals surface area contributed by atoms with Gasteiger partial charge in [0.05, 0.1) is 7.11 Å². The fraction of sp³-hybridized carbons (Fsp3) is 0.417. The number of rotatable bonds is 3. The smallest absolute Gasteiger partial charge is 0.194 e. The van der Waals surface area contributed by atoms with Crippen LogP contribution in [0.3, 0.4) is 0 Å². The molecule has 0 aliphatic heterocycles. The zero-order valence-electron chi connectivity index (χ0n) is 17.2. The van der Waals surface area contributed by atoms with Crippen molar-refractivity contribution < 1.29 is 9.16 Å². The third kappa shape index (κ3) is 4.21. The summed E-state index contributed by atoms with van der Waals surface area (Å²) in [5.74, 6) is 14.1. The van der Waals surface area contributed by atoms with Crippen LogP contribution in [0, 0.1) is 23.7 Å². The molecule has 2 nitrogen and oxygen atoms in total. The minimum absolute atomic E-state index is 0.111. The molecule has 2 aliphatic carbocycles. The fourth-order valence-corrected chi connectivity index (χ4v) is 4.03. The van der Waals surface area contributed by atoms with Gasteiger partial charge in [-0.05, 0) is 54.8 Å².